The lowest BCUT2D eigenvalue weighted by Gasteiger charge is -1.93. The molecule has 0 unspecified atom stereocenters. The number of nitriles is 1. The lowest BCUT2D eigenvalue weighted by molar-refractivity contribution is -0.137. The Morgan fingerprint density at radius 1 is 1.80 bits per heavy atom. The van der Waals surface area contributed by atoms with Crippen molar-refractivity contribution in [2.75, 3.05) is 6.61 Å². The Labute approximate surface area is 59.9 Å². The van der Waals surface area contributed by atoms with Gasteiger partial charge in [-0.2, -0.15) is 5.26 Å². The summed E-state index contributed by atoms with van der Waals surface area (Å²) in [6.07, 6.45) is 1.17. The quantitative estimate of drug-likeness (QED) is 0.326. The molecule has 0 amide bonds. The van der Waals surface area contributed by atoms with Crippen LogP contribution in [0, 0.1) is 11.3 Å². The molecule has 0 aliphatic carbocycles. The Morgan fingerprint density at radius 2 is 2.40 bits per heavy atom. The topological polar surface area (TPSA) is 50.1 Å². The fourth-order valence-electron chi connectivity index (χ4n) is 0.393. The number of carbonyl (C=O) groups is 1. The second kappa shape index (κ2) is 4.57. The number of hydrogen-bond acceptors (Lipinski definition) is 3. The van der Waals surface area contributed by atoms with Crippen LogP contribution in [0.4, 0.5) is 0 Å². The first-order valence-corrected chi connectivity index (χ1v) is 2.95. The Hall–Kier alpha value is -1.30. The smallest absolute Gasteiger partial charge is 0.331 e. The largest absolute Gasteiger partial charge is 0.463 e. The molecule has 0 aromatic carbocycles. The summed E-state index contributed by atoms with van der Waals surface area (Å²) in [5.74, 6) is -0.457. The Kier molecular flexibility index (Phi) is 3.97. The number of allylic oxidation sites excluding steroid dienone is 1. The van der Waals surface area contributed by atoms with Crippen molar-refractivity contribution in [2.45, 2.75) is 13.8 Å². The summed E-state index contributed by atoms with van der Waals surface area (Å²) < 4.78 is 4.55. The SMILES string of the molecule is CCOC(=O)C=C(C)C#N. The van der Waals surface area contributed by atoms with Gasteiger partial charge in [0.1, 0.15) is 0 Å². The zero-order chi connectivity index (χ0) is 7.98. The highest BCUT2D eigenvalue weighted by Gasteiger charge is 1.95. The highest BCUT2D eigenvalue weighted by atomic mass is 16.5. The zero-order valence-corrected chi connectivity index (χ0v) is 6.05. The molecule has 0 N–H and O–H groups in total. The molecule has 0 aliphatic heterocycles. The first-order valence-electron chi connectivity index (χ1n) is 2.95. The van der Waals surface area contributed by atoms with E-state index in [-0.39, 0.29) is 0 Å². The van der Waals surface area contributed by atoms with Gasteiger partial charge in [-0.1, -0.05) is 0 Å². The Bertz CT molecular complexity index is 188. The summed E-state index contributed by atoms with van der Waals surface area (Å²) >= 11 is 0. The molecule has 3 nitrogen and oxygen atoms in total. The van der Waals surface area contributed by atoms with E-state index in [0.717, 1.165) is 0 Å². The molecule has 0 aliphatic rings. The van der Waals surface area contributed by atoms with Gasteiger partial charge < -0.3 is 4.74 Å². The highest BCUT2D eigenvalue weighted by Crippen LogP contribution is 1.89. The van der Waals surface area contributed by atoms with Gasteiger partial charge in [0, 0.05) is 11.6 Å². The molecule has 0 bridgehead atoms. The van der Waals surface area contributed by atoms with Crippen molar-refractivity contribution in [3.8, 4) is 6.07 Å². The summed E-state index contributed by atoms with van der Waals surface area (Å²) in [4.78, 5) is 10.6. The van der Waals surface area contributed by atoms with Crippen LogP contribution < -0.4 is 0 Å². The van der Waals surface area contributed by atoms with Gasteiger partial charge in [-0.15, -0.1) is 0 Å². The molecule has 10 heavy (non-hydrogen) atoms. The third-order valence-corrected chi connectivity index (χ3v) is 0.797. The molecular formula is C7H9NO2. The van der Waals surface area contributed by atoms with Crippen molar-refractivity contribution in [3.63, 3.8) is 0 Å². The van der Waals surface area contributed by atoms with Crippen molar-refractivity contribution in [1.82, 2.24) is 0 Å². The molecule has 0 fully saturated rings. The lowest BCUT2D eigenvalue weighted by Crippen LogP contribution is -1.99. The van der Waals surface area contributed by atoms with Gasteiger partial charge in [0.05, 0.1) is 12.7 Å². The van der Waals surface area contributed by atoms with Crippen LogP contribution >= 0.6 is 0 Å². The molecule has 0 saturated heterocycles. The van der Waals surface area contributed by atoms with Crippen LogP contribution in [0.25, 0.3) is 0 Å². The van der Waals surface area contributed by atoms with Gasteiger partial charge in [0.25, 0.3) is 0 Å². The van der Waals surface area contributed by atoms with E-state index in [1.807, 2.05) is 6.07 Å². The van der Waals surface area contributed by atoms with E-state index in [0.29, 0.717) is 12.2 Å². The van der Waals surface area contributed by atoms with Crippen LogP contribution in [0.1, 0.15) is 13.8 Å². The number of rotatable bonds is 2. The molecule has 0 radical (unpaired) electrons. The normalized spacial score (nSPS) is 10.3. The molecular weight excluding hydrogens is 130 g/mol. The van der Waals surface area contributed by atoms with E-state index >= 15 is 0 Å². The van der Waals surface area contributed by atoms with Crippen LogP contribution in [0.5, 0.6) is 0 Å². The lowest BCUT2D eigenvalue weighted by atomic mass is 10.3. The van der Waals surface area contributed by atoms with Crippen molar-refractivity contribution in [1.29, 1.82) is 5.26 Å². The first-order chi connectivity index (χ1) is 4.70. The minimum Gasteiger partial charge on any atom is -0.463 e. The van der Waals surface area contributed by atoms with Crippen LogP contribution in [0.2, 0.25) is 0 Å². The van der Waals surface area contributed by atoms with Gasteiger partial charge in [-0.3, -0.25) is 0 Å². The minimum atomic E-state index is -0.457. The minimum absolute atomic E-state index is 0.341. The third-order valence-electron chi connectivity index (χ3n) is 0.797. The van der Waals surface area contributed by atoms with Crippen LogP contribution in [0.15, 0.2) is 11.6 Å². The molecule has 0 atom stereocenters. The third kappa shape index (κ3) is 3.67. The standard InChI is InChI=1S/C7H9NO2/c1-3-10-7(9)4-6(2)5-8/h4H,3H2,1-2H3. The van der Waals surface area contributed by atoms with Gasteiger partial charge in [-0.25, -0.2) is 4.79 Å². The maximum Gasteiger partial charge on any atom is 0.331 e. The van der Waals surface area contributed by atoms with Crippen molar-refractivity contribution >= 4 is 5.97 Å². The molecule has 0 saturated carbocycles. The number of carbonyl (C=O) groups excluding carboxylic acids is 1. The molecule has 0 aromatic heterocycles. The van der Waals surface area contributed by atoms with Gasteiger partial charge in [0.2, 0.25) is 0 Å². The van der Waals surface area contributed by atoms with E-state index in [1.54, 1.807) is 13.8 Å². The Balaban J connectivity index is 3.90. The summed E-state index contributed by atoms with van der Waals surface area (Å²) in [5, 5.41) is 8.23. The van der Waals surface area contributed by atoms with E-state index in [1.165, 1.54) is 6.08 Å². The first kappa shape index (κ1) is 8.70. The number of esters is 1. The molecule has 3 heteroatoms. The molecule has 54 valence electrons. The number of ether oxygens (including phenoxy) is 1. The van der Waals surface area contributed by atoms with Crippen LogP contribution in [0.3, 0.4) is 0 Å². The molecule has 0 aromatic rings. The predicted molar refractivity (Wildman–Crippen MR) is 36.0 cm³/mol. The second-order valence-corrected chi connectivity index (χ2v) is 1.69. The monoisotopic (exact) mass is 139 g/mol. The summed E-state index contributed by atoms with van der Waals surface area (Å²) in [6.45, 7) is 3.61. The van der Waals surface area contributed by atoms with E-state index in [4.69, 9.17) is 5.26 Å². The maximum absolute atomic E-state index is 10.6. The summed E-state index contributed by atoms with van der Waals surface area (Å²) in [5.41, 5.74) is 0.360. The predicted octanol–water partition coefficient (Wildman–Crippen LogP) is 1.02. The second-order valence-electron chi connectivity index (χ2n) is 1.69. The highest BCUT2D eigenvalue weighted by molar-refractivity contribution is 5.83. The number of hydrogen-bond donors (Lipinski definition) is 0. The van der Waals surface area contributed by atoms with E-state index in [9.17, 15) is 4.79 Å². The van der Waals surface area contributed by atoms with E-state index < -0.39 is 5.97 Å². The van der Waals surface area contributed by atoms with Crippen LogP contribution in [-0.2, 0) is 9.53 Å². The van der Waals surface area contributed by atoms with Crippen molar-refractivity contribution in [2.24, 2.45) is 0 Å². The zero-order valence-electron chi connectivity index (χ0n) is 6.05. The summed E-state index contributed by atoms with van der Waals surface area (Å²) in [7, 11) is 0. The van der Waals surface area contributed by atoms with Gasteiger partial charge >= 0.3 is 5.97 Å². The molecule has 0 spiro atoms. The Morgan fingerprint density at radius 3 is 2.80 bits per heavy atom. The number of nitrogens with zero attached hydrogens (tertiary/aromatic N) is 1. The fraction of sp³-hybridized carbons (Fsp3) is 0.429. The summed E-state index contributed by atoms with van der Waals surface area (Å²) in [6, 6.07) is 1.81. The van der Waals surface area contributed by atoms with Gasteiger partial charge in [-0.05, 0) is 13.8 Å². The molecule has 0 heterocycles. The molecule has 0 rings (SSSR count). The van der Waals surface area contributed by atoms with E-state index in [2.05, 4.69) is 4.74 Å². The maximum atomic E-state index is 10.6. The average molecular weight is 139 g/mol. The van der Waals surface area contributed by atoms with Crippen molar-refractivity contribution in [3.05, 3.63) is 11.6 Å². The average Bonchev–Trinajstić information content (AvgIpc) is 1.88. The van der Waals surface area contributed by atoms with Crippen LogP contribution in [-0.4, -0.2) is 12.6 Å². The van der Waals surface area contributed by atoms with Crippen molar-refractivity contribution < 1.29 is 9.53 Å². The van der Waals surface area contributed by atoms with Gasteiger partial charge in [0.15, 0.2) is 0 Å². The fourth-order valence-corrected chi connectivity index (χ4v) is 0.393.